The van der Waals surface area contributed by atoms with Gasteiger partial charge in [-0.05, 0) is 36.0 Å². The van der Waals surface area contributed by atoms with Crippen molar-refractivity contribution >= 4 is 0 Å². The summed E-state index contributed by atoms with van der Waals surface area (Å²) in [6.45, 7) is 6.46. The van der Waals surface area contributed by atoms with Crippen LogP contribution in [0.25, 0.3) is 0 Å². The first kappa shape index (κ1) is 13.4. The maximum absolute atomic E-state index is 10.4. The summed E-state index contributed by atoms with van der Waals surface area (Å²) < 4.78 is 5.34. The van der Waals surface area contributed by atoms with Gasteiger partial charge in [0.2, 0.25) is 0 Å². The topological polar surface area (TPSA) is 55.5 Å². The van der Waals surface area contributed by atoms with Crippen LogP contribution in [0.5, 0.6) is 5.75 Å². The van der Waals surface area contributed by atoms with Crippen LogP contribution in [0.1, 0.15) is 50.8 Å². The monoisotopic (exact) mass is 249 g/mol. The van der Waals surface area contributed by atoms with Crippen LogP contribution >= 0.6 is 0 Å². The van der Waals surface area contributed by atoms with Crippen LogP contribution < -0.4 is 10.5 Å². The van der Waals surface area contributed by atoms with E-state index in [1.165, 1.54) is 5.56 Å². The van der Waals surface area contributed by atoms with Crippen LogP contribution in [0.3, 0.4) is 0 Å². The van der Waals surface area contributed by atoms with E-state index in [9.17, 15) is 5.11 Å². The molecule has 3 nitrogen and oxygen atoms in total. The Labute approximate surface area is 109 Å². The predicted molar refractivity (Wildman–Crippen MR) is 72.8 cm³/mol. The lowest BCUT2D eigenvalue weighted by molar-refractivity contribution is 0.132. The summed E-state index contributed by atoms with van der Waals surface area (Å²) in [7, 11) is 1.62. The van der Waals surface area contributed by atoms with Crippen LogP contribution in [0.2, 0.25) is 0 Å². The molecule has 1 atom stereocenters. The highest BCUT2D eigenvalue weighted by Crippen LogP contribution is 2.46. The highest BCUT2D eigenvalue weighted by molar-refractivity contribution is 5.43. The maximum atomic E-state index is 10.4. The van der Waals surface area contributed by atoms with Gasteiger partial charge in [-0.1, -0.05) is 26.8 Å². The van der Waals surface area contributed by atoms with E-state index in [1.54, 1.807) is 7.11 Å². The molecule has 0 aromatic heterocycles. The minimum Gasteiger partial charge on any atom is -0.496 e. The molecule has 0 aliphatic heterocycles. The van der Waals surface area contributed by atoms with Crippen molar-refractivity contribution in [3.8, 4) is 5.75 Å². The number of ether oxygens (including phenoxy) is 1. The van der Waals surface area contributed by atoms with Crippen LogP contribution in [-0.2, 0) is 5.41 Å². The molecule has 0 spiro atoms. The van der Waals surface area contributed by atoms with Gasteiger partial charge in [0, 0.05) is 11.1 Å². The first-order valence-corrected chi connectivity index (χ1v) is 6.43. The fourth-order valence-corrected chi connectivity index (χ4v) is 2.14. The molecule has 0 heterocycles. The first-order valence-electron chi connectivity index (χ1n) is 6.43. The summed E-state index contributed by atoms with van der Waals surface area (Å²) in [6.07, 6.45) is 1.10. The summed E-state index contributed by atoms with van der Waals surface area (Å²) in [5.41, 5.74) is 7.68. The zero-order chi connectivity index (χ0) is 13.6. The molecule has 1 aromatic rings. The third-order valence-corrected chi connectivity index (χ3v) is 3.76. The molecule has 1 saturated carbocycles. The SMILES string of the molecule is COc1ccc(C(C)(C)C)cc1C(O)C1(N)CC1. The Kier molecular flexibility index (Phi) is 3.16. The number of aliphatic hydroxyl groups excluding tert-OH is 1. The molecule has 3 heteroatoms. The second kappa shape index (κ2) is 4.25. The summed E-state index contributed by atoms with van der Waals surface area (Å²) in [5, 5.41) is 10.4. The van der Waals surface area contributed by atoms with Gasteiger partial charge in [-0.3, -0.25) is 0 Å². The minimum atomic E-state index is -0.644. The summed E-state index contributed by atoms with van der Waals surface area (Å²) in [4.78, 5) is 0. The van der Waals surface area contributed by atoms with Crippen molar-refractivity contribution in [2.24, 2.45) is 5.73 Å². The van der Waals surface area contributed by atoms with Gasteiger partial charge in [-0.2, -0.15) is 0 Å². The number of hydrogen-bond acceptors (Lipinski definition) is 3. The average molecular weight is 249 g/mol. The highest BCUT2D eigenvalue weighted by Gasteiger charge is 2.46. The molecule has 0 amide bonds. The molecule has 1 unspecified atom stereocenters. The second-order valence-electron chi connectivity index (χ2n) is 6.34. The molecule has 1 aliphatic carbocycles. The van der Waals surface area contributed by atoms with Crippen LogP contribution in [-0.4, -0.2) is 17.8 Å². The van der Waals surface area contributed by atoms with E-state index >= 15 is 0 Å². The lowest BCUT2D eigenvalue weighted by Crippen LogP contribution is -2.31. The first-order chi connectivity index (χ1) is 8.28. The van der Waals surface area contributed by atoms with Crippen molar-refractivity contribution in [3.63, 3.8) is 0 Å². The van der Waals surface area contributed by atoms with Gasteiger partial charge in [-0.25, -0.2) is 0 Å². The number of rotatable bonds is 3. The standard InChI is InChI=1S/C15H23NO2/c1-14(2,3)10-5-6-12(18-4)11(9-10)13(17)15(16)7-8-15/h5-6,9,13,17H,7-8,16H2,1-4H3. The van der Waals surface area contributed by atoms with Gasteiger partial charge in [0.15, 0.2) is 0 Å². The maximum Gasteiger partial charge on any atom is 0.124 e. The molecule has 2 rings (SSSR count). The zero-order valence-electron chi connectivity index (χ0n) is 11.7. The minimum absolute atomic E-state index is 0.0477. The van der Waals surface area contributed by atoms with Crippen molar-refractivity contribution in [2.45, 2.75) is 50.7 Å². The van der Waals surface area contributed by atoms with E-state index in [2.05, 4.69) is 20.8 Å². The van der Waals surface area contributed by atoms with E-state index < -0.39 is 11.6 Å². The third kappa shape index (κ3) is 2.38. The average Bonchev–Trinajstić information content (AvgIpc) is 3.05. The van der Waals surface area contributed by atoms with Crippen molar-refractivity contribution in [1.82, 2.24) is 0 Å². The smallest absolute Gasteiger partial charge is 0.124 e. The Morgan fingerprint density at radius 3 is 2.39 bits per heavy atom. The third-order valence-electron chi connectivity index (χ3n) is 3.76. The molecule has 0 saturated heterocycles. The van der Waals surface area contributed by atoms with E-state index in [-0.39, 0.29) is 5.41 Å². The fraction of sp³-hybridized carbons (Fsp3) is 0.600. The predicted octanol–water partition coefficient (Wildman–Crippen LogP) is 2.52. The number of aliphatic hydroxyl groups is 1. The van der Waals surface area contributed by atoms with Gasteiger partial charge >= 0.3 is 0 Å². The highest BCUT2D eigenvalue weighted by atomic mass is 16.5. The molecular weight excluding hydrogens is 226 g/mol. The number of benzene rings is 1. The number of nitrogens with two attached hydrogens (primary N) is 1. The quantitative estimate of drug-likeness (QED) is 0.865. The van der Waals surface area contributed by atoms with E-state index in [0.29, 0.717) is 5.75 Å². The normalized spacial score (nSPS) is 19.4. The molecule has 1 fully saturated rings. The molecule has 0 bridgehead atoms. The van der Waals surface area contributed by atoms with Crippen molar-refractivity contribution in [2.75, 3.05) is 7.11 Å². The van der Waals surface area contributed by atoms with Gasteiger partial charge in [0.05, 0.1) is 7.11 Å². The Bertz CT molecular complexity index is 444. The second-order valence-corrected chi connectivity index (χ2v) is 6.34. The van der Waals surface area contributed by atoms with Gasteiger partial charge in [-0.15, -0.1) is 0 Å². The van der Waals surface area contributed by atoms with Crippen LogP contribution in [0.4, 0.5) is 0 Å². The Morgan fingerprint density at radius 2 is 1.94 bits per heavy atom. The lowest BCUT2D eigenvalue weighted by Gasteiger charge is -2.25. The Hall–Kier alpha value is -1.06. The molecule has 3 N–H and O–H groups in total. The molecule has 100 valence electrons. The summed E-state index contributed by atoms with van der Waals surface area (Å²) in [5.74, 6) is 0.715. The van der Waals surface area contributed by atoms with E-state index in [1.807, 2.05) is 18.2 Å². The van der Waals surface area contributed by atoms with Crippen LogP contribution in [0.15, 0.2) is 18.2 Å². The van der Waals surface area contributed by atoms with Gasteiger partial charge in [0.1, 0.15) is 11.9 Å². The van der Waals surface area contributed by atoms with E-state index in [4.69, 9.17) is 10.5 Å². The van der Waals surface area contributed by atoms with Gasteiger partial charge < -0.3 is 15.6 Å². The van der Waals surface area contributed by atoms with Crippen molar-refractivity contribution < 1.29 is 9.84 Å². The molecular formula is C15H23NO2. The summed E-state index contributed by atoms with van der Waals surface area (Å²) in [6, 6.07) is 5.99. The molecule has 1 aliphatic rings. The molecule has 0 radical (unpaired) electrons. The Balaban J connectivity index is 2.43. The van der Waals surface area contributed by atoms with Crippen molar-refractivity contribution in [1.29, 1.82) is 0 Å². The lowest BCUT2D eigenvalue weighted by atomic mass is 9.84. The Morgan fingerprint density at radius 1 is 1.33 bits per heavy atom. The van der Waals surface area contributed by atoms with Crippen LogP contribution in [0, 0.1) is 0 Å². The molecule has 1 aromatic carbocycles. The summed E-state index contributed by atoms with van der Waals surface area (Å²) >= 11 is 0. The number of methoxy groups -OCH3 is 1. The molecule has 18 heavy (non-hydrogen) atoms. The zero-order valence-corrected chi connectivity index (χ0v) is 11.7. The van der Waals surface area contributed by atoms with Gasteiger partial charge in [0.25, 0.3) is 0 Å². The van der Waals surface area contributed by atoms with E-state index in [0.717, 1.165) is 18.4 Å². The largest absolute Gasteiger partial charge is 0.496 e. The van der Waals surface area contributed by atoms with Crippen molar-refractivity contribution in [3.05, 3.63) is 29.3 Å². The fourth-order valence-electron chi connectivity index (χ4n) is 2.14. The number of hydrogen-bond donors (Lipinski definition) is 2.